The summed E-state index contributed by atoms with van der Waals surface area (Å²) in [6.07, 6.45) is 0. The summed E-state index contributed by atoms with van der Waals surface area (Å²) in [4.78, 5) is 24.2. The fourth-order valence-corrected chi connectivity index (χ4v) is 2.50. The molecule has 0 saturated heterocycles. The third-order valence-electron chi connectivity index (χ3n) is 3.80. The van der Waals surface area contributed by atoms with Gasteiger partial charge >= 0.3 is 0 Å². The molecule has 132 valence electrons. The topological polar surface area (TPSA) is 62.6 Å². The van der Waals surface area contributed by atoms with Gasteiger partial charge in [-0.1, -0.05) is 18.2 Å². The Kier molecular flexibility index (Phi) is 6.65. The second-order valence-electron chi connectivity index (χ2n) is 5.86. The van der Waals surface area contributed by atoms with E-state index >= 15 is 0 Å². The van der Waals surface area contributed by atoms with Crippen LogP contribution < -0.4 is 15.5 Å². The Bertz CT molecular complexity index is 732. The molecule has 2 amide bonds. The number of carbonyl (C=O) groups is 2. The highest BCUT2D eigenvalue weighted by atomic mass is 19.1. The number of amides is 2. The number of nitrogens with one attached hydrogen (secondary N) is 3. The molecule has 0 aromatic heterocycles. The second-order valence-corrected chi connectivity index (χ2v) is 5.86. The molecule has 0 fully saturated rings. The van der Waals surface area contributed by atoms with Crippen molar-refractivity contribution in [1.82, 2.24) is 0 Å². The highest BCUT2D eigenvalue weighted by Gasteiger charge is 2.15. The molecular formula is C19H23FN3O2+. The molecule has 0 saturated carbocycles. The Balaban J connectivity index is 1.91. The molecule has 2 aromatic carbocycles. The fourth-order valence-electron chi connectivity index (χ4n) is 2.50. The minimum atomic E-state index is -0.248. The average Bonchev–Trinajstić information content (AvgIpc) is 2.57. The van der Waals surface area contributed by atoms with Gasteiger partial charge in [-0.05, 0) is 37.3 Å². The molecule has 0 heterocycles. The maximum absolute atomic E-state index is 13.8. The third kappa shape index (κ3) is 6.00. The van der Waals surface area contributed by atoms with Crippen LogP contribution >= 0.6 is 0 Å². The van der Waals surface area contributed by atoms with Crippen LogP contribution in [0.2, 0.25) is 0 Å². The van der Waals surface area contributed by atoms with Crippen LogP contribution in [-0.2, 0) is 16.1 Å². The summed E-state index contributed by atoms with van der Waals surface area (Å²) in [5, 5.41) is 5.49. The predicted molar refractivity (Wildman–Crippen MR) is 95.9 cm³/mol. The third-order valence-corrected chi connectivity index (χ3v) is 3.80. The standard InChI is InChI=1S/C19H22FN3O2/c1-3-23(12-15-6-4-5-7-18(15)20)13-19(25)22-17-10-8-16(9-11-17)21-14(2)24/h4-11H,3,12-13H2,1-2H3,(H,21,24)(H,22,25)/p+1. The molecule has 0 aliphatic rings. The van der Waals surface area contributed by atoms with Crippen molar-refractivity contribution < 1.29 is 18.9 Å². The molecule has 5 nitrogen and oxygen atoms in total. The highest BCUT2D eigenvalue weighted by Crippen LogP contribution is 2.13. The van der Waals surface area contributed by atoms with E-state index in [9.17, 15) is 14.0 Å². The number of rotatable bonds is 7. The summed E-state index contributed by atoms with van der Waals surface area (Å²) in [7, 11) is 0. The summed E-state index contributed by atoms with van der Waals surface area (Å²) < 4.78 is 13.8. The van der Waals surface area contributed by atoms with Gasteiger partial charge < -0.3 is 15.5 Å². The number of quaternary nitrogens is 1. The zero-order valence-electron chi connectivity index (χ0n) is 14.4. The average molecular weight is 344 g/mol. The van der Waals surface area contributed by atoms with E-state index in [0.29, 0.717) is 30.0 Å². The van der Waals surface area contributed by atoms with E-state index in [1.165, 1.54) is 13.0 Å². The van der Waals surface area contributed by atoms with Gasteiger partial charge in [-0.2, -0.15) is 0 Å². The van der Waals surface area contributed by atoms with E-state index < -0.39 is 0 Å². The van der Waals surface area contributed by atoms with Gasteiger partial charge in [0, 0.05) is 23.9 Å². The van der Waals surface area contributed by atoms with Gasteiger partial charge in [0.2, 0.25) is 5.91 Å². The number of likely N-dealkylation sites (N-methyl/N-ethyl adjacent to an activating group) is 1. The Morgan fingerprint density at radius 1 is 1.00 bits per heavy atom. The fraction of sp³-hybridized carbons (Fsp3) is 0.263. The van der Waals surface area contributed by atoms with Crippen molar-refractivity contribution in [2.75, 3.05) is 23.7 Å². The summed E-state index contributed by atoms with van der Waals surface area (Å²) in [6, 6.07) is 13.5. The van der Waals surface area contributed by atoms with E-state index in [1.54, 1.807) is 42.5 Å². The van der Waals surface area contributed by atoms with Crippen LogP contribution in [-0.4, -0.2) is 24.9 Å². The van der Waals surface area contributed by atoms with E-state index in [2.05, 4.69) is 10.6 Å². The lowest BCUT2D eigenvalue weighted by molar-refractivity contribution is -0.904. The molecule has 0 aliphatic carbocycles. The lowest BCUT2D eigenvalue weighted by Crippen LogP contribution is -3.11. The lowest BCUT2D eigenvalue weighted by Gasteiger charge is -2.17. The number of hydrogen-bond donors (Lipinski definition) is 3. The molecule has 3 N–H and O–H groups in total. The molecule has 6 heteroatoms. The molecule has 0 radical (unpaired) electrons. The molecule has 1 unspecified atom stereocenters. The van der Waals surface area contributed by atoms with Gasteiger partial charge in [0.25, 0.3) is 5.91 Å². The Hall–Kier alpha value is -2.73. The quantitative estimate of drug-likeness (QED) is 0.718. The first-order valence-electron chi connectivity index (χ1n) is 8.22. The Morgan fingerprint density at radius 3 is 2.16 bits per heavy atom. The molecule has 0 bridgehead atoms. The SMILES string of the molecule is CC[NH+](CC(=O)Nc1ccc(NC(C)=O)cc1)Cc1ccccc1F. The van der Waals surface area contributed by atoms with Crippen molar-refractivity contribution in [3.8, 4) is 0 Å². The van der Waals surface area contributed by atoms with Crippen LogP contribution in [0.1, 0.15) is 19.4 Å². The zero-order chi connectivity index (χ0) is 18.2. The molecule has 1 atom stereocenters. The first-order valence-corrected chi connectivity index (χ1v) is 8.22. The zero-order valence-corrected chi connectivity index (χ0v) is 14.4. The molecule has 0 spiro atoms. The minimum Gasteiger partial charge on any atom is -0.326 e. The normalized spacial score (nSPS) is 11.6. The van der Waals surface area contributed by atoms with Gasteiger partial charge in [-0.3, -0.25) is 9.59 Å². The van der Waals surface area contributed by atoms with Gasteiger partial charge in [0.15, 0.2) is 6.54 Å². The number of halogens is 1. The van der Waals surface area contributed by atoms with Crippen molar-refractivity contribution in [2.24, 2.45) is 0 Å². The van der Waals surface area contributed by atoms with Gasteiger partial charge in [0.05, 0.1) is 6.54 Å². The van der Waals surface area contributed by atoms with Crippen LogP contribution in [0.15, 0.2) is 48.5 Å². The van der Waals surface area contributed by atoms with E-state index in [-0.39, 0.29) is 24.2 Å². The monoisotopic (exact) mass is 344 g/mol. The van der Waals surface area contributed by atoms with Crippen LogP contribution in [0.3, 0.4) is 0 Å². The summed E-state index contributed by atoms with van der Waals surface area (Å²) in [5.74, 6) is -0.532. The Morgan fingerprint density at radius 2 is 1.60 bits per heavy atom. The first kappa shape index (κ1) is 18.6. The smallest absolute Gasteiger partial charge is 0.279 e. The van der Waals surface area contributed by atoms with Crippen molar-refractivity contribution >= 4 is 23.2 Å². The number of carbonyl (C=O) groups excluding carboxylic acids is 2. The van der Waals surface area contributed by atoms with Crippen LogP contribution in [0.5, 0.6) is 0 Å². The van der Waals surface area contributed by atoms with Crippen LogP contribution in [0, 0.1) is 5.82 Å². The largest absolute Gasteiger partial charge is 0.326 e. The van der Waals surface area contributed by atoms with Gasteiger partial charge in [-0.25, -0.2) is 4.39 Å². The van der Waals surface area contributed by atoms with E-state index in [4.69, 9.17) is 0 Å². The number of hydrogen-bond acceptors (Lipinski definition) is 2. The van der Waals surface area contributed by atoms with E-state index in [0.717, 1.165) is 4.90 Å². The van der Waals surface area contributed by atoms with Crippen molar-refractivity contribution in [2.45, 2.75) is 20.4 Å². The van der Waals surface area contributed by atoms with Crippen molar-refractivity contribution in [1.29, 1.82) is 0 Å². The lowest BCUT2D eigenvalue weighted by atomic mass is 10.2. The molecule has 25 heavy (non-hydrogen) atoms. The summed E-state index contributed by atoms with van der Waals surface area (Å²) in [6.45, 7) is 4.82. The maximum atomic E-state index is 13.8. The maximum Gasteiger partial charge on any atom is 0.279 e. The number of benzene rings is 2. The first-order chi connectivity index (χ1) is 12.0. The van der Waals surface area contributed by atoms with Crippen molar-refractivity contribution in [3.05, 3.63) is 59.9 Å². The molecular weight excluding hydrogens is 321 g/mol. The Labute approximate surface area is 146 Å². The molecule has 2 aromatic rings. The van der Waals surface area contributed by atoms with Crippen molar-refractivity contribution in [3.63, 3.8) is 0 Å². The highest BCUT2D eigenvalue weighted by molar-refractivity contribution is 5.92. The van der Waals surface area contributed by atoms with Gasteiger partial charge in [0.1, 0.15) is 12.4 Å². The predicted octanol–water partition coefficient (Wildman–Crippen LogP) is 1.83. The second kappa shape index (κ2) is 8.94. The van der Waals surface area contributed by atoms with Crippen LogP contribution in [0.4, 0.5) is 15.8 Å². The van der Waals surface area contributed by atoms with Gasteiger partial charge in [-0.15, -0.1) is 0 Å². The molecule has 0 aliphatic heterocycles. The summed E-state index contributed by atoms with van der Waals surface area (Å²) >= 11 is 0. The summed E-state index contributed by atoms with van der Waals surface area (Å²) in [5.41, 5.74) is 1.93. The van der Waals surface area contributed by atoms with Crippen LogP contribution in [0.25, 0.3) is 0 Å². The molecule has 2 rings (SSSR count). The van der Waals surface area contributed by atoms with E-state index in [1.807, 2.05) is 6.92 Å². The minimum absolute atomic E-state index is 0.138. The number of anilines is 2.